The maximum absolute atomic E-state index is 10.5. The summed E-state index contributed by atoms with van der Waals surface area (Å²) in [6, 6.07) is 0. The van der Waals surface area contributed by atoms with Crippen molar-refractivity contribution in [3.05, 3.63) is 11.6 Å². The van der Waals surface area contributed by atoms with E-state index in [0.29, 0.717) is 0 Å². The molecule has 0 aromatic carbocycles. The predicted octanol–water partition coefficient (Wildman–Crippen LogP) is 1.08. The molecule has 0 saturated heterocycles. The Morgan fingerprint density at radius 1 is 1.64 bits per heavy atom. The van der Waals surface area contributed by atoms with Crippen LogP contribution < -0.4 is 4.89 Å². The van der Waals surface area contributed by atoms with Crippen molar-refractivity contribution in [2.45, 2.75) is 13.8 Å². The van der Waals surface area contributed by atoms with Gasteiger partial charge in [0.25, 0.3) is 7.82 Å². The minimum atomic E-state index is -4.02. The predicted molar refractivity (Wildman–Crippen MR) is 40.0 cm³/mol. The Kier molecular flexibility index (Phi) is 4.61. The van der Waals surface area contributed by atoms with E-state index in [4.69, 9.17) is 0 Å². The molecule has 0 aliphatic rings. The summed E-state index contributed by atoms with van der Waals surface area (Å²) >= 11 is 0. The van der Waals surface area contributed by atoms with Crippen molar-refractivity contribution in [2.75, 3.05) is 13.7 Å². The van der Waals surface area contributed by atoms with Crippen molar-refractivity contribution in [2.24, 2.45) is 0 Å². The van der Waals surface area contributed by atoms with Crippen LogP contribution >= 0.6 is 7.82 Å². The van der Waals surface area contributed by atoms with Gasteiger partial charge >= 0.3 is 0 Å². The molecule has 1 unspecified atom stereocenters. The summed E-state index contributed by atoms with van der Waals surface area (Å²) in [7, 11) is -2.96. The van der Waals surface area contributed by atoms with E-state index >= 15 is 0 Å². The van der Waals surface area contributed by atoms with Crippen molar-refractivity contribution < 1.29 is 18.5 Å². The van der Waals surface area contributed by atoms with Gasteiger partial charge in [0, 0.05) is 7.11 Å². The number of phosphoric ester groups is 1. The molecule has 1 atom stereocenters. The maximum Gasteiger partial charge on any atom is 0.267 e. The lowest BCUT2D eigenvalue weighted by atomic mass is 10.3. The third kappa shape index (κ3) is 6.26. The van der Waals surface area contributed by atoms with Crippen molar-refractivity contribution in [1.29, 1.82) is 0 Å². The van der Waals surface area contributed by atoms with Crippen LogP contribution in [0.15, 0.2) is 11.6 Å². The van der Waals surface area contributed by atoms with Crippen molar-refractivity contribution >= 4 is 7.82 Å². The van der Waals surface area contributed by atoms with Crippen LogP contribution in [0.25, 0.3) is 0 Å². The van der Waals surface area contributed by atoms with Crippen molar-refractivity contribution in [3.8, 4) is 0 Å². The third-order valence-corrected chi connectivity index (χ3v) is 1.86. The summed E-state index contributed by atoms with van der Waals surface area (Å²) in [5.74, 6) is 0. The molecule has 0 saturated carbocycles. The molecule has 0 fully saturated rings. The summed E-state index contributed by atoms with van der Waals surface area (Å²) in [5.41, 5.74) is 1.00. The zero-order valence-corrected chi connectivity index (χ0v) is 7.76. The number of phosphoric acid groups is 1. The first kappa shape index (κ1) is 10.8. The van der Waals surface area contributed by atoms with Crippen LogP contribution in [0.1, 0.15) is 13.8 Å². The first-order chi connectivity index (χ1) is 4.98. The van der Waals surface area contributed by atoms with E-state index in [1.807, 2.05) is 13.8 Å². The fraction of sp³-hybridized carbons (Fsp3) is 0.667. The third-order valence-electron chi connectivity index (χ3n) is 0.948. The summed E-state index contributed by atoms with van der Waals surface area (Å²) in [4.78, 5) is 10.5. The number of hydrogen-bond donors (Lipinski definition) is 0. The molecular formula is C6H12O4P-. The van der Waals surface area contributed by atoms with Crippen molar-refractivity contribution in [1.82, 2.24) is 0 Å². The lowest BCUT2D eigenvalue weighted by Crippen LogP contribution is -2.06. The second-order valence-corrected chi connectivity index (χ2v) is 3.72. The molecular weight excluding hydrogens is 167 g/mol. The number of allylic oxidation sites excluding steroid dienone is 1. The van der Waals surface area contributed by atoms with E-state index < -0.39 is 7.82 Å². The molecule has 0 N–H and O–H groups in total. The molecule has 0 aliphatic carbocycles. The fourth-order valence-electron chi connectivity index (χ4n) is 0.348. The topological polar surface area (TPSA) is 58.6 Å². The molecule has 11 heavy (non-hydrogen) atoms. The van der Waals surface area contributed by atoms with Gasteiger partial charge in [0.1, 0.15) is 0 Å². The SMILES string of the molecule is COP(=O)([O-])OCC=C(C)C. The van der Waals surface area contributed by atoms with Gasteiger partial charge in [-0.1, -0.05) is 11.6 Å². The lowest BCUT2D eigenvalue weighted by Gasteiger charge is -2.18. The number of hydrogen-bond acceptors (Lipinski definition) is 4. The van der Waals surface area contributed by atoms with Gasteiger partial charge in [0.2, 0.25) is 0 Å². The van der Waals surface area contributed by atoms with Crippen LogP contribution in [0.4, 0.5) is 0 Å². The first-order valence-corrected chi connectivity index (χ1v) is 4.58. The molecule has 0 bridgehead atoms. The Balaban J connectivity index is 3.72. The van der Waals surface area contributed by atoms with Gasteiger partial charge in [-0.2, -0.15) is 0 Å². The molecule has 4 nitrogen and oxygen atoms in total. The molecule has 0 amide bonds. The highest BCUT2D eigenvalue weighted by Gasteiger charge is 2.02. The summed E-state index contributed by atoms with van der Waals surface area (Å²) in [6.45, 7) is 3.74. The smallest absolute Gasteiger partial charge is 0.267 e. The molecule has 0 aromatic rings. The van der Waals surface area contributed by atoms with E-state index in [2.05, 4.69) is 9.05 Å². The molecule has 0 radical (unpaired) electrons. The van der Waals surface area contributed by atoms with Crippen LogP contribution in [0.3, 0.4) is 0 Å². The van der Waals surface area contributed by atoms with E-state index in [1.165, 1.54) is 0 Å². The second kappa shape index (κ2) is 4.67. The van der Waals surface area contributed by atoms with Crippen LogP contribution in [-0.2, 0) is 13.6 Å². The molecule has 0 heterocycles. The van der Waals surface area contributed by atoms with E-state index in [1.54, 1.807) is 6.08 Å². The molecule has 0 aliphatic heterocycles. The van der Waals surface area contributed by atoms with Gasteiger partial charge in [-0.05, 0) is 13.8 Å². The molecule has 0 rings (SSSR count). The second-order valence-electron chi connectivity index (χ2n) is 2.21. The van der Waals surface area contributed by atoms with Gasteiger partial charge < -0.3 is 13.9 Å². The summed E-state index contributed by atoms with van der Waals surface area (Å²) in [6.07, 6.45) is 1.66. The van der Waals surface area contributed by atoms with Gasteiger partial charge in [0.15, 0.2) is 0 Å². The molecule has 0 spiro atoms. The lowest BCUT2D eigenvalue weighted by molar-refractivity contribution is -0.221. The van der Waals surface area contributed by atoms with Gasteiger partial charge in [-0.15, -0.1) is 0 Å². The van der Waals surface area contributed by atoms with Crippen LogP contribution in [0.2, 0.25) is 0 Å². The van der Waals surface area contributed by atoms with Gasteiger partial charge in [-0.3, -0.25) is 4.57 Å². The van der Waals surface area contributed by atoms with Gasteiger partial charge in [-0.25, -0.2) is 0 Å². The van der Waals surface area contributed by atoms with E-state index in [-0.39, 0.29) is 6.61 Å². The first-order valence-electron chi connectivity index (χ1n) is 3.12. The zero-order valence-electron chi connectivity index (χ0n) is 6.86. The minimum absolute atomic E-state index is 0.0386. The van der Waals surface area contributed by atoms with Gasteiger partial charge in [0.05, 0.1) is 6.61 Å². The van der Waals surface area contributed by atoms with E-state index in [9.17, 15) is 9.46 Å². The van der Waals surface area contributed by atoms with Crippen molar-refractivity contribution in [3.63, 3.8) is 0 Å². The largest absolute Gasteiger partial charge is 0.756 e. The Hall–Kier alpha value is -0.150. The molecule has 66 valence electrons. The standard InChI is InChI=1S/C6H13O4P/c1-6(2)4-5-10-11(7,8)9-3/h4H,5H2,1-3H3,(H,7,8)/p-1. The average molecular weight is 179 g/mol. The van der Waals surface area contributed by atoms with Crippen LogP contribution in [-0.4, -0.2) is 13.7 Å². The molecule has 5 heteroatoms. The van der Waals surface area contributed by atoms with E-state index in [0.717, 1.165) is 12.7 Å². The number of rotatable bonds is 4. The fourth-order valence-corrected chi connectivity index (χ4v) is 0.710. The van der Waals surface area contributed by atoms with Crippen LogP contribution in [0, 0.1) is 0 Å². The summed E-state index contributed by atoms with van der Waals surface area (Å²) in [5, 5.41) is 0. The zero-order chi connectivity index (χ0) is 8.91. The maximum atomic E-state index is 10.5. The normalized spacial score (nSPS) is 15.6. The Labute approximate surface area is 66.4 Å². The quantitative estimate of drug-likeness (QED) is 0.478. The average Bonchev–Trinajstić information content (AvgIpc) is 1.87. The summed E-state index contributed by atoms with van der Waals surface area (Å²) < 4.78 is 19.0. The van der Waals surface area contributed by atoms with Crippen LogP contribution in [0.5, 0.6) is 0 Å². The highest BCUT2D eigenvalue weighted by molar-refractivity contribution is 7.45. The monoisotopic (exact) mass is 179 g/mol. The molecule has 0 aromatic heterocycles. The Bertz CT molecular complexity index is 183. The Morgan fingerprint density at radius 2 is 2.18 bits per heavy atom. The highest BCUT2D eigenvalue weighted by atomic mass is 31.2. The highest BCUT2D eigenvalue weighted by Crippen LogP contribution is 2.36. The minimum Gasteiger partial charge on any atom is -0.756 e. The Morgan fingerprint density at radius 3 is 2.55 bits per heavy atom.